The number of hydrogen-bond donors (Lipinski definition) is 3. The van der Waals surface area contributed by atoms with Crippen molar-refractivity contribution in [3.63, 3.8) is 0 Å². The molecule has 0 unspecified atom stereocenters. The lowest BCUT2D eigenvalue weighted by atomic mass is 9.93. The van der Waals surface area contributed by atoms with Crippen LogP contribution in [0.25, 0.3) is 0 Å². The van der Waals surface area contributed by atoms with E-state index in [4.69, 9.17) is 14.0 Å². The molecule has 3 amide bonds. The van der Waals surface area contributed by atoms with Gasteiger partial charge in [0, 0.05) is 13.2 Å². The van der Waals surface area contributed by atoms with Crippen LogP contribution in [-0.4, -0.2) is 73.2 Å². The van der Waals surface area contributed by atoms with Crippen LogP contribution in [0.2, 0.25) is 0 Å². The fourth-order valence-electron chi connectivity index (χ4n) is 2.91. The van der Waals surface area contributed by atoms with Gasteiger partial charge in [-0.25, -0.2) is 0 Å². The number of carbonyl (C=O) groups excluding carboxylic acids is 4. The molecule has 3 atom stereocenters. The summed E-state index contributed by atoms with van der Waals surface area (Å²) in [4.78, 5) is 49.6. The van der Waals surface area contributed by atoms with Gasteiger partial charge in [-0.1, -0.05) is 19.0 Å². The maximum Gasteiger partial charge on any atom is 0.274 e. The largest absolute Gasteiger partial charge is 0.382 e. The highest BCUT2D eigenvalue weighted by atomic mass is 16.6. The minimum atomic E-state index is -1.05. The normalized spacial score (nSPS) is 19.4. The Bertz CT molecular complexity index is 816. The summed E-state index contributed by atoms with van der Waals surface area (Å²) in [5, 5.41) is 11.2. The maximum atomic E-state index is 12.6. The van der Waals surface area contributed by atoms with Crippen LogP contribution in [-0.2, 0) is 23.9 Å². The number of ether oxygens (including phenoxy) is 2. The average Bonchev–Trinajstić information content (AvgIpc) is 3.30. The lowest BCUT2D eigenvalue weighted by Gasteiger charge is -2.22. The van der Waals surface area contributed by atoms with E-state index in [1.165, 1.54) is 13.2 Å². The number of epoxide rings is 1. The number of aryl methyl sites for hydroxylation is 1. The van der Waals surface area contributed by atoms with E-state index in [-0.39, 0.29) is 30.5 Å². The summed E-state index contributed by atoms with van der Waals surface area (Å²) in [6.07, 6.45) is 0.455. The molecule has 1 aliphatic heterocycles. The monoisotopic (exact) mass is 438 g/mol. The molecule has 11 heteroatoms. The van der Waals surface area contributed by atoms with Crippen molar-refractivity contribution in [1.82, 2.24) is 21.1 Å². The first kappa shape index (κ1) is 24.5. The average molecular weight is 438 g/mol. The zero-order valence-electron chi connectivity index (χ0n) is 18.4. The van der Waals surface area contributed by atoms with E-state index >= 15 is 0 Å². The first-order valence-corrected chi connectivity index (χ1v) is 10.0. The Hall–Kier alpha value is -2.79. The molecular weight excluding hydrogens is 408 g/mol. The number of Topliss-reactive ketones (excluding diaryl/α,β-unsaturated/α-hetero) is 1. The molecule has 11 nitrogen and oxygen atoms in total. The van der Waals surface area contributed by atoms with E-state index in [0.717, 1.165) is 0 Å². The molecule has 2 rings (SSSR count). The fraction of sp³-hybridized carbons (Fsp3) is 0.650. The smallest absolute Gasteiger partial charge is 0.274 e. The Balaban J connectivity index is 1.90. The minimum Gasteiger partial charge on any atom is -0.382 e. The summed E-state index contributed by atoms with van der Waals surface area (Å²) in [7, 11) is 1.38. The molecule has 0 saturated carbocycles. The summed E-state index contributed by atoms with van der Waals surface area (Å²) in [5.74, 6) is -1.31. The lowest BCUT2D eigenvalue weighted by molar-refractivity contribution is -0.131. The molecule has 0 bridgehead atoms. The molecule has 2 heterocycles. The van der Waals surface area contributed by atoms with E-state index in [9.17, 15) is 19.2 Å². The second kappa shape index (κ2) is 10.5. The van der Waals surface area contributed by atoms with Crippen LogP contribution in [0.4, 0.5) is 0 Å². The summed E-state index contributed by atoms with van der Waals surface area (Å²) < 4.78 is 15.0. The van der Waals surface area contributed by atoms with Gasteiger partial charge < -0.3 is 29.9 Å². The van der Waals surface area contributed by atoms with Gasteiger partial charge in [-0.15, -0.1) is 0 Å². The van der Waals surface area contributed by atoms with Crippen molar-refractivity contribution >= 4 is 23.5 Å². The first-order chi connectivity index (χ1) is 14.6. The highest BCUT2D eigenvalue weighted by Crippen LogP contribution is 2.29. The van der Waals surface area contributed by atoms with Crippen LogP contribution in [0.1, 0.15) is 43.4 Å². The van der Waals surface area contributed by atoms with E-state index in [0.29, 0.717) is 18.8 Å². The predicted molar refractivity (Wildman–Crippen MR) is 108 cm³/mol. The highest BCUT2D eigenvalue weighted by Gasteiger charge is 2.50. The summed E-state index contributed by atoms with van der Waals surface area (Å²) in [6, 6.07) is -0.323. The topological polar surface area (TPSA) is 152 Å². The van der Waals surface area contributed by atoms with Gasteiger partial charge in [0.25, 0.3) is 5.91 Å². The molecule has 1 aliphatic rings. The number of rotatable bonds is 12. The molecule has 0 aromatic carbocycles. The Morgan fingerprint density at radius 2 is 1.90 bits per heavy atom. The number of amides is 3. The molecule has 3 N–H and O–H groups in total. The van der Waals surface area contributed by atoms with E-state index in [1.54, 1.807) is 13.8 Å². The highest BCUT2D eigenvalue weighted by molar-refractivity contribution is 5.98. The van der Waals surface area contributed by atoms with Gasteiger partial charge in [0.2, 0.25) is 11.8 Å². The Labute approximate surface area is 180 Å². The minimum absolute atomic E-state index is 0.0231. The van der Waals surface area contributed by atoms with Crippen molar-refractivity contribution in [3.8, 4) is 0 Å². The Morgan fingerprint density at radius 1 is 1.23 bits per heavy atom. The van der Waals surface area contributed by atoms with Crippen molar-refractivity contribution in [1.29, 1.82) is 0 Å². The van der Waals surface area contributed by atoms with E-state index in [2.05, 4.69) is 21.1 Å². The van der Waals surface area contributed by atoms with Crippen LogP contribution >= 0.6 is 0 Å². The van der Waals surface area contributed by atoms with Gasteiger partial charge in [0.05, 0.1) is 25.8 Å². The lowest BCUT2D eigenvalue weighted by Crippen LogP contribution is -2.53. The standard InChI is InChI=1S/C20H30N4O7/c1-11(2)6-13(17(26)20(4)10-30-20)22-16(25)8-21-18(27)15(9-29-5)23-19(28)14-7-12(3)31-24-14/h7,11,13,15H,6,8-10H2,1-5H3,(H,21,27)(H,22,25)(H,23,28)/t13-,15-,20+/m0/s1. The second-order valence-electron chi connectivity index (χ2n) is 8.16. The summed E-state index contributed by atoms with van der Waals surface area (Å²) >= 11 is 0. The number of aromatic nitrogens is 1. The van der Waals surface area contributed by atoms with Gasteiger partial charge in [-0.2, -0.15) is 0 Å². The molecule has 0 radical (unpaired) electrons. The van der Waals surface area contributed by atoms with Crippen molar-refractivity contribution < 1.29 is 33.2 Å². The number of carbonyl (C=O) groups is 4. The van der Waals surface area contributed by atoms with Gasteiger partial charge >= 0.3 is 0 Å². The van der Waals surface area contributed by atoms with E-state index in [1.807, 2.05) is 13.8 Å². The first-order valence-electron chi connectivity index (χ1n) is 10.0. The van der Waals surface area contributed by atoms with Crippen LogP contribution in [0.5, 0.6) is 0 Å². The number of methoxy groups -OCH3 is 1. The molecule has 1 aromatic rings. The third-order valence-electron chi connectivity index (χ3n) is 4.70. The van der Waals surface area contributed by atoms with Crippen LogP contribution in [0.3, 0.4) is 0 Å². The molecular formula is C20H30N4O7. The van der Waals surface area contributed by atoms with Crippen molar-refractivity contribution in [2.24, 2.45) is 5.92 Å². The SMILES string of the molecule is COC[C@H](NC(=O)c1cc(C)on1)C(=O)NCC(=O)N[C@@H](CC(C)C)C(=O)[C@@]1(C)CO1. The quantitative estimate of drug-likeness (QED) is 0.377. The van der Waals surface area contributed by atoms with Crippen LogP contribution < -0.4 is 16.0 Å². The van der Waals surface area contributed by atoms with Crippen molar-refractivity contribution in [2.45, 2.75) is 51.8 Å². The molecule has 0 aliphatic carbocycles. The Kier molecular flexibility index (Phi) is 8.28. The maximum absolute atomic E-state index is 12.6. The third kappa shape index (κ3) is 7.14. The van der Waals surface area contributed by atoms with Gasteiger partial charge in [-0.05, 0) is 26.2 Å². The second-order valence-corrected chi connectivity index (χ2v) is 8.16. The van der Waals surface area contributed by atoms with Crippen molar-refractivity contribution in [3.05, 3.63) is 17.5 Å². The predicted octanol–water partition coefficient (Wildman–Crippen LogP) is -0.267. The fourth-order valence-corrected chi connectivity index (χ4v) is 2.91. The zero-order chi connectivity index (χ0) is 23.2. The third-order valence-corrected chi connectivity index (χ3v) is 4.70. The molecule has 0 spiro atoms. The van der Waals surface area contributed by atoms with Crippen LogP contribution in [0, 0.1) is 12.8 Å². The summed E-state index contributed by atoms with van der Waals surface area (Å²) in [6.45, 7) is 7.06. The van der Waals surface area contributed by atoms with Gasteiger partial charge in [-0.3, -0.25) is 19.2 Å². The number of hydrogen-bond acceptors (Lipinski definition) is 8. The van der Waals surface area contributed by atoms with E-state index < -0.39 is 35.4 Å². The number of ketones is 1. The summed E-state index contributed by atoms with van der Waals surface area (Å²) in [5.41, 5.74) is -0.835. The molecule has 1 fully saturated rings. The Morgan fingerprint density at radius 3 is 2.42 bits per heavy atom. The molecule has 1 aromatic heterocycles. The molecule has 31 heavy (non-hydrogen) atoms. The van der Waals surface area contributed by atoms with Gasteiger partial charge in [0.1, 0.15) is 17.4 Å². The molecule has 172 valence electrons. The molecule has 1 saturated heterocycles. The number of nitrogens with one attached hydrogen (secondary N) is 3. The van der Waals surface area contributed by atoms with Crippen molar-refractivity contribution in [2.75, 3.05) is 26.9 Å². The zero-order valence-corrected chi connectivity index (χ0v) is 18.4. The van der Waals surface area contributed by atoms with Gasteiger partial charge in [0.15, 0.2) is 11.5 Å². The van der Waals surface area contributed by atoms with Crippen LogP contribution in [0.15, 0.2) is 10.6 Å². The number of nitrogens with zero attached hydrogens (tertiary/aromatic N) is 1.